The molecule has 102 valence electrons. The zero-order valence-corrected chi connectivity index (χ0v) is 11.5. The maximum atomic E-state index is 9.96. The fourth-order valence-electron chi connectivity index (χ4n) is 2.13. The first-order valence-corrected chi connectivity index (χ1v) is 7.16. The minimum Gasteiger partial charge on any atom is -0.494 e. The fraction of sp³-hybridized carbons (Fsp3) is 0.222. The number of hydrogen-bond acceptors (Lipinski definition) is 1. The van der Waals surface area contributed by atoms with Crippen LogP contribution in [0.1, 0.15) is 24.8 Å². The van der Waals surface area contributed by atoms with E-state index in [1.54, 1.807) is 6.07 Å². The average Bonchev–Trinajstić information content (AvgIpc) is 3.32. The quantitative estimate of drug-likeness (QED) is 0.721. The predicted molar refractivity (Wildman–Crippen MR) is 83.0 cm³/mol. The number of para-hydroxylation sites is 1. The van der Waals surface area contributed by atoms with Gasteiger partial charge in [0.25, 0.3) is 0 Å². The van der Waals surface area contributed by atoms with Crippen LogP contribution in [0.4, 0.5) is 0 Å². The molecule has 0 spiro atoms. The second-order valence-corrected chi connectivity index (χ2v) is 5.19. The maximum Gasteiger partial charge on any atom is 0.192 e. The van der Waals surface area contributed by atoms with E-state index in [4.69, 9.17) is 0 Å². The normalized spacial score (nSPS) is 12.8. The molecule has 0 radical (unpaired) electrons. The molecule has 0 atom stereocenters. The van der Waals surface area contributed by atoms with Gasteiger partial charge in [-0.1, -0.05) is 67.8 Å². The third-order valence-corrected chi connectivity index (χ3v) is 3.33. The molecule has 1 fully saturated rings. The number of nitrogens with zero attached hydrogens (tertiary/aromatic N) is 1. The van der Waals surface area contributed by atoms with Crippen molar-refractivity contribution in [3.8, 4) is 5.88 Å². The van der Waals surface area contributed by atoms with E-state index in [1.165, 1.54) is 24.8 Å². The molecule has 0 unspecified atom stereocenters. The first-order valence-electron chi connectivity index (χ1n) is 7.16. The Morgan fingerprint density at radius 2 is 1.50 bits per heavy atom. The van der Waals surface area contributed by atoms with Crippen LogP contribution < -0.4 is 0 Å². The highest BCUT2D eigenvalue weighted by molar-refractivity contribution is 5.82. The zero-order chi connectivity index (χ0) is 13.8. The molecule has 0 amide bonds. The lowest BCUT2D eigenvalue weighted by Gasteiger charge is -2.06. The summed E-state index contributed by atoms with van der Waals surface area (Å²) in [6, 6.07) is 20.0. The van der Waals surface area contributed by atoms with Gasteiger partial charge in [-0.3, -0.25) is 0 Å². The summed E-state index contributed by atoms with van der Waals surface area (Å²) in [6.45, 7) is 0.695. The van der Waals surface area contributed by atoms with Gasteiger partial charge < -0.3 is 9.67 Å². The number of fused-ring (bicyclic) bond motifs is 1. The average molecular weight is 265 g/mol. The van der Waals surface area contributed by atoms with Crippen molar-refractivity contribution in [2.24, 2.45) is 0 Å². The Bertz CT molecular complexity index is 680. The van der Waals surface area contributed by atoms with Gasteiger partial charge in [0.15, 0.2) is 5.88 Å². The number of aromatic nitrogens is 1. The van der Waals surface area contributed by atoms with E-state index in [2.05, 4.69) is 12.1 Å². The van der Waals surface area contributed by atoms with Gasteiger partial charge in [-0.05, 0) is 11.6 Å². The summed E-state index contributed by atoms with van der Waals surface area (Å²) >= 11 is 0. The Balaban J connectivity index is 0.000000358. The second-order valence-electron chi connectivity index (χ2n) is 5.19. The molecule has 2 aromatic carbocycles. The van der Waals surface area contributed by atoms with Gasteiger partial charge in [0, 0.05) is 11.5 Å². The lowest BCUT2D eigenvalue weighted by Crippen LogP contribution is -1.98. The lowest BCUT2D eigenvalue weighted by atomic mass is 10.2. The van der Waals surface area contributed by atoms with Crippen LogP contribution >= 0.6 is 0 Å². The molecule has 0 bridgehead atoms. The zero-order valence-electron chi connectivity index (χ0n) is 11.5. The highest BCUT2D eigenvalue weighted by Gasteiger charge is 2.06. The largest absolute Gasteiger partial charge is 0.494 e. The molecule has 2 heteroatoms. The van der Waals surface area contributed by atoms with Gasteiger partial charge in [0.1, 0.15) is 0 Å². The molecule has 4 rings (SSSR count). The van der Waals surface area contributed by atoms with E-state index < -0.39 is 0 Å². The topological polar surface area (TPSA) is 25.2 Å². The monoisotopic (exact) mass is 265 g/mol. The van der Waals surface area contributed by atoms with Crippen LogP contribution in [0.15, 0.2) is 60.7 Å². The van der Waals surface area contributed by atoms with E-state index in [9.17, 15) is 5.11 Å². The summed E-state index contributed by atoms with van der Waals surface area (Å²) in [5, 5.41) is 11.0. The minimum absolute atomic E-state index is 0.315. The van der Waals surface area contributed by atoms with E-state index >= 15 is 0 Å². The maximum absolute atomic E-state index is 9.96. The lowest BCUT2D eigenvalue weighted by molar-refractivity contribution is 0.428. The fourth-order valence-corrected chi connectivity index (χ4v) is 2.13. The minimum atomic E-state index is 0.315. The van der Waals surface area contributed by atoms with Crippen molar-refractivity contribution < 1.29 is 5.11 Å². The molecule has 3 aromatic rings. The summed E-state index contributed by atoms with van der Waals surface area (Å²) in [7, 11) is 0. The Kier molecular flexibility index (Phi) is 3.73. The molecule has 1 heterocycles. The van der Waals surface area contributed by atoms with Gasteiger partial charge >= 0.3 is 0 Å². The van der Waals surface area contributed by atoms with Crippen LogP contribution in [-0.2, 0) is 6.54 Å². The molecule has 0 aliphatic heterocycles. The molecule has 1 aliphatic carbocycles. The third kappa shape index (κ3) is 3.02. The smallest absolute Gasteiger partial charge is 0.192 e. The van der Waals surface area contributed by atoms with Crippen molar-refractivity contribution in [3.05, 3.63) is 66.2 Å². The summed E-state index contributed by atoms with van der Waals surface area (Å²) in [5.41, 5.74) is 2.25. The van der Waals surface area contributed by atoms with E-state index in [0.717, 1.165) is 10.9 Å². The van der Waals surface area contributed by atoms with Crippen molar-refractivity contribution in [1.82, 2.24) is 4.57 Å². The molecule has 1 saturated carbocycles. The van der Waals surface area contributed by atoms with E-state index in [-0.39, 0.29) is 0 Å². The summed E-state index contributed by atoms with van der Waals surface area (Å²) in [5.74, 6) is 0.315. The SMILES string of the molecule is C1CC1.Oc1cc2ccccc2n1Cc1ccccc1. The number of hydrogen-bond donors (Lipinski definition) is 1. The molecule has 1 N–H and O–H groups in total. The number of aromatic hydroxyl groups is 1. The highest BCUT2D eigenvalue weighted by atomic mass is 16.3. The van der Waals surface area contributed by atoms with E-state index in [0.29, 0.717) is 12.4 Å². The highest BCUT2D eigenvalue weighted by Crippen LogP contribution is 2.25. The summed E-state index contributed by atoms with van der Waals surface area (Å²) in [4.78, 5) is 0. The van der Waals surface area contributed by atoms with E-state index in [1.807, 2.05) is 47.0 Å². The Morgan fingerprint density at radius 3 is 2.20 bits per heavy atom. The van der Waals surface area contributed by atoms with Crippen molar-refractivity contribution in [2.45, 2.75) is 25.8 Å². The van der Waals surface area contributed by atoms with Crippen LogP contribution in [0, 0.1) is 0 Å². The van der Waals surface area contributed by atoms with Crippen molar-refractivity contribution in [2.75, 3.05) is 0 Å². The predicted octanol–water partition coefficient (Wildman–Crippen LogP) is 4.57. The molecule has 20 heavy (non-hydrogen) atoms. The number of benzene rings is 2. The van der Waals surface area contributed by atoms with Gasteiger partial charge in [-0.2, -0.15) is 0 Å². The first-order chi connectivity index (χ1) is 9.84. The van der Waals surface area contributed by atoms with Crippen LogP contribution in [-0.4, -0.2) is 9.67 Å². The standard InChI is InChI=1S/C15H13NO.C3H6/c17-15-10-13-8-4-5-9-14(13)16(15)11-12-6-2-1-3-7-12;1-2-3-1/h1-10,17H,11H2;1-3H2. The van der Waals surface area contributed by atoms with Crippen LogP contribution in [0.2, 0.25) is 0 Å². The van der Waals surface area contributed by atoms with Gasteiger partial charge in [0.05, 0.1) is 12.1 Å². The van der Waals surface area contributed by atoms with Crippen LogP contribution in [0.5, 0.6) is 5.88 Å². The van der Waals surface area contributed by atoms with Crippen LogP contribution in [0.25, 0.3) is 10.9 Å². The van der Waals surface area contributed by atoms with Gasteiger partial charge in [-0.25, -0.2) is 0 Å². The second kappa shape index (κ2) is 5.83. The van der Waals surface area contributed by atoms with Crippen molar-refractivity contribution in [3.63, 3.8) is 0 Å². The third-order valence-electron chi connectivity index (χ3n) is 3.33. The summed E-state index contributed by atoms with van der Waals surface area (Å²) < 4.78 is 1.92. The molecule has 0 saturated heterocycles. The summed E-state index contributed by atoms with van der Waals surface area (Å²) in [6.07, 6.45) is 4.50. The van der Waals surface area contributed by atoms with Crippen LogP contribution in [0.3, 0.4) is 0 Å². The molecular weight excluding hydrogens is 246 g/mol. The molecular formula is C18H19NO. The molecule has 2 nitrogen and oxygen atoms in total. The van der Waals surface area contributed by atoms with Gasteiger partial charge in [-0.15, -0.1) is 0 Å². The Labute approximate surface area is 119 Å². The molecule has 1 aromatic heterocycles. The first kappa shape index (κ1) is 12.8. The number of rotatable bonds is 2. The van der Waals surface area contributed by atoms with Crippen molar-refractivity contribution >= 4 is 10.9 Å². The Hall–Kier alpha value is -2.22. The Morgan fingerprint density at radius 1 is 0.850 bits per heavy atom. The van der Waals surface area contributed by atoms with Gasteiger partial charge in [0.2, 0.25) is 0 Å². The molecule has 1 aliphatic rings. The van der Waals surface area contributed by atoms with Crippen molar-refractivity contribution in [1.29, 1.82) is 0 Å².